The predicted octanol–water partition coefficient (Wildman–Crippen LogP) is 1.62. The molecule has 1 fully saturated rings. The molecule has 0 saturated carbocycles. The van der Waals surface area contributed by atoms with Crippen LogP contribution in [0.15, 0.2) is 18.2 Å². The van der Waals surface area contributed by atoms with E-state index in [-0.39, 0.29) is 24.3 Å². The summed E-state index contributed by atoms with van der Waals surface area (Å²) < 4.78 is 11.1. The Morgan fingerprint density at radius 1 is 1.24 bits per heavy atom. The van der Waals surface area contributed by atoms with E-state index in [1.54, 1.807) is 18.2 Å². The van der Waals surface area contributed by atoms with Crippen LogP contribution in [0.4, 0.5) is 5.69 Å². The van der Waals surface area contributed by atoms with Gasteiger partial charge in [-0.25, -0.2) is 0 Å². The molecule has 0 unspecified atom stereocenters. The zero-order valence-corrected chi connectivity index (χ0v) is 14.9. The summed E-state index contributed by atoms with van der Waals surface area (Å²) in [5.41, 5.74) is 6.03. The Balaban J connectivity index is 1.95. The van der Waals surface area contributed by atoms with Crippen molar-refractivity contribution in [2.24, 2.45) is 11.7 Å². The number of primary amides is 1. The second-order valence-electron chi connectivity index (χ2n) is 6.05. The molecule has 1 aromatic carbocycles. The lowest BCUT2D eigenvalue weighted by Gasteiger charge is -2.30. The average molecular weight is 349 g/mol. The predicted molar refractivity (Wildman–Crippen MR) is 95.8 cm³/mol. The third-order valence-electron chi connectivity index (χ3n) is 4.10. The molecule has 0 aliphatic carbocycles. The Labute approximate surface area is 148 Å². The standard InChI is InChI=1S/C18H27N3O4/c1-3-24-15-8-7-14(10-16(15)25-4-2)20-17(22)12-21-9-5-6-13(11-21)18(19)23/h7-8,10,13H,3-6,9,11-12H2,1-2H3,(H2,19,23)(H,20,22)/t13-/m1/s1. The number of nitrogens with two attached hydrogens (primary N) is 1. The van der Waals surface area contributed by atoms with Crippen molar-refractivity contribution in [3.63, 3.8) is 0 Å². The first-order valence-electron chi connectivity index (χ1n) is 8.74. The molecule has 1 heterocycles. The fraction of sp³-hybridized carbons (Fsp3) is 0.556. The summed E-state index contributed by atoms with van der Waals surface area (Å²) in [5, 5.41) is 2.87. The van der Waals surface area contributed by atoms with Crippen molar-refractivity contribution < 1.29 is 19.1 Å². The third kappa shape index (κ3) is 5.63. The first kappa shape index (κ1) is 19.1. The molecule has 2 amide bonds. The second kappa shape index (κ2) is 9.27. The molecule has 1 aliphatic heterocycles. The highest BCUT2D eigenvalue weighted by Gasteiger charge is 2.25. The van der Waals surface area contributed by atoms with Gasteiger partial charge in [-0.1, -0.05) is 0 Å². The summed E-state index contributed by atoms with van der Waals surface area (Å²) in [4.78, 5) is 25.6. The highest BCUT2D eigenvalue weighted by molar-refractivity contribution is 5.92. The van der Waals surface area contributed by atoms with Crippen LogP contribution in [0.5, 0.6) is 11.5 Å². The largest absolute Gasteiger partial charge is 0.490 e. The molecule has 138 valence electrons. The number of piperidine rings is 1. The van der Waals surface area contributed by atoms with E-state index in [9.17, 15) is 9.59 Å². The number of hydrogen-bond donors (Lipinski definition) is 2. The van der Waals surface area contributed by atoms with E-state index < -0.39 is 0 Å². The molecule has 3 N–H and O–H groups in total. The molecule has 0 radical (unpaired) electrons. The van der Waals surface area contributed by atoms with E-state index in [0.717, 1.165) is 19.4 Å². The molecule has 1 atom stereocenters. The van der Waals surface area contributed by atoms with Gasteiger partial charge in [0.25, 0.3) is 0 Å². The smallest absolute Gasteiger partial charge is 0.238 e. The monoisotopic (exact) mass is 349 g/mol. The van der Waals surface area contributed by atoms with E-state index in [1.807, 2.05) is 18.7 Å². The maximum Gasteiger partial charge on any atom is 0.238 e. The zero-order chi connectivity index (χ0) is 18.2. The Bertz CT molecular complexity index is 606. The molecule has 0 spiro atoms. The topological polar surface area (TPSA) is 93.9 Å². The van der Waals surface area contributed by atoms with Crippen LogP contribution in [0, 0.1) is 5.92 Å². The number of hydrogen-bond acceptors (Lipinski definition) is 5. The maximum atomic E-state index is 12.3. The number of carbonyl (C=O) groups is 2. The maximum absolute atomic E-state index is 12.3. The number of benzene rings is 1. The summed E-state index contributed by atoms with van der Waals surface area (Å²) in [7, 11) is 0. The van der Waals surface area contributed by atoms with Gasteiger partial charge in [-0.05, 0) is 45.4 Å². The fourth-order valence-electron chi connectivity index (χ4n) is 2.96. The van der Waals surface area contributed by atoms with Gasteiger partial charge in [0.1, 0.15) is 0 Å². The first-order valence-corrected chi connectivity index (χ1v) is 8.74. The number of ether oxygens (including phenoxy) is 2. The van der Waals surface area contributed by atoms with Crippen LogP contribution in [0.25, 0.3) is 0 Å². The van der Waals surface area contributed by atoms with Crippen molar-refractivity contribution >= 4 is 17.5 Å². The molecule has 1 saturated heterocycles. The molecular formula is C18H27N3O4. The minimum Gasteiger partial charge on any atom is -0.490 e. The van der Waals surface area contributed by atoms with Crippen LogP contribution in [-0.2, 0) is 9.59 Å². The Kier molecular flexibility index (Phi) is 7.06. The molecule has 25 heavy (non-hydrogen) atoms. The van der Waals surface area contributed by atoms with E-state index in [2.05, 4.69) is 5.32 Å². The van der Waals surface area contributed by atoms with E-state index in [0.29, 0.717) is 36.9 Å². The lowest BCUT2D eigenvalue weighted by molar-refractivity contribution is -0.125. The van der Waals surface area contributed by atoms with Crippen LogP contribution in [-0.4, -0.2) is 49.6 Å². The van der Waals surface area contributed by atoms with Crippen LogP contribution >= 0.6 is 0 Å². The molecule has 2 rings (SSSR count). The highest BCUT2D eigenvalue weighted by Crippen LogP contribution is 2.30. The number of anilines is 1. The van der Waals surface area contributed by atoms with E-state index in [4.69, 9.17) is 15.2 Å². The second-order valence-corrected chi connectivity index (χ2v) is 6.05. The van der Waals surface area contributed by atoms with E-state index >= 15 is 0 Å². The average Bonchev–Trinajstić information content (AvgIpc) is 2.57. The van der Waals surface area contributed by atoms with Gasteiger partial charge in [0, 0.05) is 18.3 Å². The molecule has 0 aromatic heterocycles. The summed E-state index contributed by atoms with van der Waals surface area (Å²) in [6, 6.07) is 5.33. The molecular weight excluding hydrogens is 322 g/mol. The number of carbonyl (C=O) groups excluding carboxylic acids is 2. The minimum atomic E-state index is -0.294. The Hall–Kier alpha value is -2.28. The van der Waals surface area contributed by atoms with Crippen molar-refractivity contribution in [1.29, 1.82) is 0 Å². The van der Waals surface area contributed by atoms with Crippen LogP contribution in [0.2, 0.25) is 0 Å². The number of amides is 2. The number of likely N-dealkylation sites (tertiary alicyclic amines) is 1. The molecule has 7 nitrogen and oxygen atoms in total. The third-order valence-corrected chi connectivity index (χ3v) is 4.10. The summed E-state index contributed by atoms with van der Waals surface area (Å²) in [5.74, 6) is 0.669. The zero-order valence-electron chi connectivity index (χ0n) is 14.9. The normalized spacial score (nSPS) is 17.8. The molecule has 0 bridgehead atoms. The van der Waals surface area contributed by atoms with Crippen LogP contribution in [0.3, 0.4) is 0 Å². The number of nitrogens with one attached hydrogen (secondary N) is 1. The van der Waals surface area contributed by atoms with Crippen molar-refractivity contribution in [3.05, 3.63) is 18.2 Å². The molecule has 1 aliphatic rings. The summed E-state index contributed by atoms with van der Waals surface area (Å²) >= 11 is 0. The van der Waals surface area contributed by atoms with Crippen molar-refractivity contribution in [3.8, 4) is 11.5 Å². The SMILES string of the molecule is CCOc1ccc(NC(=O)CN2CCC[C@@H](C(N)=O)C2)cc1OCC. The Morgan fingerprint density at radius 2 is 1.96 bits per heavy atom. The van der Waals surface area contributed by atoms with Gasteiger partial charge in [0.2, 0.25) is 11.8 Å². The van der Waals surface area contributed by atoms with Gasteiger partial charge in [0.05, 0.1) is 25.7 Å². The van der Waals surface area contributed by atoms with Gasteiger partial charge >= 0.3 is 0 Å². The summed E-state index contributed by atoms with van der Waals surface area (Å²) in [6.45, 7) is 6.43. The fourth-order valence-corrected chi connectivity index (χ4v) is 2.96. The van der Waals surface area contributed by atoms with Crippen molar-refractivity contribution in [2.45, 2.75) is 26.7 Å². The van der Waals surface area contributed by atoms with E-state index in [1.165, 1.54) is 0 Å². The quantitative estimate of drug-likeness (QED) is 0.744. The minimum absolute atomic E-state index is 0.128. The highest BCUT2D eigenvalue weighted by atomic mass is 16.5. The number of nitrogens with zero attached hydrogens (tertiary/aromatic N) is 1. The number of rotatable bonds is 8. The van der Waals surface area contributed by atoms with Gasteiger partial charge in [-0.3, -0.25) is 14.5 Å². The lowest BCUT2D eigenvalue weighted by atomic mass is 9.97. The summed E-state index contributed by atoms with van der Waals surface area (Å²) in [6.07, 6.45) is 1.67. The lowest BCUT2D eigenvalue weighted by Crippen LogP contribution is -2.44. The molecule has 1 aromatic rings. The van der Waals surface area contributed by atoms with Gasteiger partial charge < -0.3 is 20.5 Å². The van der Waals surface area contributed by atoms with Gasteiger partial charge in [-0.2, -0.15) is 0 Å². The Morgan fingerprint density at radius 3 is 2.64 bits per heavy atom. The van der Waals surface area contributed by atoms with Crippen LogP contribution in [0.1, 0.15) is 26.7 Å². The first-order chi connectivity index (χ1) is 12.0. The van der Waals surface area contributed by atoms with Crippen molar-refractivity contribution in [1.82, 2.24) is 4.90 Å². The van der Waals surface area contributed by atoms with Gasteiger partial charge in [-0.15, -0.1) is 0 Å². The van der Waals surface area contributed by atoms with Crippen molar-refractivity contribution in [2.75, 3.05) is 38.2 Å². The molecule has 7 heteroatoms. The van der Waals surface area contributed by atoms with Crippen LogP contribution < -0.4 is 20.5 Å². The van der Waals surface area contributed by atoms with Gasteiger partial charge in [0.15, 0.2) is 11.5 Å².